The smallest absolute Gasteiger partial charge is 0.00815 e. The molecule has 0 saturated carbocycles. The Labute approximate surface area is 134 Å². The van der Waals surface area contributed by atoms with E-state index in [9.17, 15) is 0 Å². The molecule has 2 aromatic rings. The molecule has 4 rings (SSSR count). The minimum absolute atomic E-state index is 0.270. The molecule has 0 nitrogen and oxygen atoms in total. The van der Waals surface area contributed by atoms with Gasteiger partial charge in [-0.05, 0) is 57.8 Å². The van der Waals surface area contributed by atoms with E-state index in [1.54, 1.807) is 22.3 Å². The van der Waals surface area contributed by atoms with Crippen molar-refractivity contribution in [1.82, 2.24) is 0 Å². The van der Waals surface area contributed by atoms with Crippen LogP contribution in [0.1, 0.15) is 74.6 Å². The predicted octanol–water partition coefficient (Wildman–Crippen LogP) is 5.92. The van der Waals surface area contributed by atoms with Crippen LogP contribution in [0.2, 0.25) is 0 Å². The minimum atomic E-state index is 0.270. The van der Waals surface area contributed by atoms with E-state index in [4.69, 9.17) is 0 Å². The van der Waals surface area contributed by atoms with Gasteiger partial charge in [0, 0.05) is 0 Å². The molecule has 2 atom stereocenters. The summed E-state index contributed by atoms with van der Waals surface area (Å²) in [5.41, 5.74) is 6.90. The number of rotatable bonds is 0. The van der Waals surface area contributed by atoms with Crippen LogP contribution < -0.4 is 0 Å². The van der Waals surface area contributed by atoms with E-state index in [2.05, 4.69) is 76.2 Å². The standard InChI is InChI=1S/C22H26/c1-21(2)13-17-16-10-6-8-12-20(16)22(3,4)14-18(17)15-9-5-7-11-19(15)21/h5-12,17-18H,13-14H2,1-4H3. The van der Waals surface area contributed by atoms with Gasteiger partial charge in [-0.1, -0.05) is 76.2 Å². The molecule has 22 heavy (non-hydrogen) atoms. The van der Waals surface area contributed by atoms with Crippen LogP contribution in [0.4, 0.5) is 0 Å². The van der Waals surface area contributed by atoms with E-state index in [1.807, 2.05) is 0 Å². The third-order valence-electron chi connectivity index (χ3n) is 6.12. The van der Waals surface area contributed by atoms with E-state index in [0.29, 0.717) is 11.8 Å². The van der Waals surface area contributed by atoms with Crippen molar-refractivity contribution in [2.45, 2.75) is 63.2 Å². The highest BCUT2D eigenvalue weighted by atomic mass is 14.5. The van der Waals surface area contributed by atoms with Crippen molar-refractivity contribution < 1.29 is 0 Å². The van der Waals surface area contributed by atoms with Crippen molar-refractivity contribution in [3.63, 3.8) is 0 Å². The first-order chi connectivity index (χ1) is 10.4. The lowest BCUT2D eigenvalue weighted by Gasteiger charge is -2.50. The molecule has 0 fully saturated rings. The van der Waals surface area contributed by atoms with E-state index < -0.39 is 0 Å². The number of hydrogen-bond donors (Lipinski definition) is 0. The molecule has 0 bridgehead atoms. The number of hydrogen-bond acceptors (Lipinski definition) is 0. The van der Waals surface area contributed by atoms with Crippen molar-refractivity contribution in [2.24, 2.45) is 0 Å². The topological polar surface area (TPSA) is 0 Å². The first-order valence-corrected chi connectivity index (χ1v) is 8.59. The molecular weight excluding hydrogens is 264 g/mol. The number of fused-ring (bicyclic) bond motifs is 5. The normalized spacial score (nSPS) is 27.5. The summed E-state index contributed by atoms with van der Waals surface area (Å²) in [5, 5.41) is 0. The van der Waals surface area contributed by atoms with Crippen LogP contribution in [0.15, 0.2) is 48.5 Å². The Kier molecular flexibility index (Phi) is 2.86. The molecule has 0 saturated heterocycles. The molecule has 2 aliphatic carbocycles. The van der Waals surface area contributed by atoms with Crippen LogP contribution >= 0.6 is 0 Å². The second-order valence-electron chi connectivity index (χ2n) is 8.56. The maximum atomic E-state index is 2.42. The van der Waals surface area contributed by atoms with Crippen molar-refractivity contribution in [2.75, 3.05) is 0 Å². The molecule has 114 valence electrons. The van der Waals surface area contributed by atoms with Gasteiger partial charge in [-0.2, -0.15) is 0 Å². The molecule has 2 aromatic carbocycles. The summed E-state index contributed by atoms with van der Waals surface area (Å²) < 4.78 is 0. The summed E-state index contributed by atoms with van der Waals surface area (Å²) in [5.74, 6) is 1.35. The second-order valence-corrected chi connectivity index (χ2v) is 8.56. The molecule has 0 spiro atoms. The summed E-state index contributed by atoms with van der Waals surface area (Å²) in [7, 11) is 0. The van der Waals surface area contributed by atoms with Gasteiger partial charge in [0.05, 0.1) is 0 Å². The van der Waals surface area contributed by atoms with Crippen molar-refractivity contribution in [3.05, 3.63) is 70.8 Å². The highest BCUT2D eigenvalue weighted by Gasteiger charge is 2.46. The van der Waals surface area contributed by atoms with E-state index in [1.165, 1.54) is 12.8 Å². The molecule has 0 radical (unpaired) electrons. The lowest BCUT2D eigenvalue weighted by Crippen LogP contribution is -2.39. The van der Waals surface area contributed by atoms with Crippen LogP contribution in [0.25, 0.3) is 0 Å². The third-order valence-corrected chi connectivity index (χ3v) is 6.12. The molecule has 0 heterocycles. The lowest BCUT2D eigenvalue weighted by atomic mass is 9.54. The molecule has 0 heteroatoms. The predicted molar refractivity (Wildman–Crippen MR) is 93.7 cm³/mol. The SMILES string of the molecule is CC1(C)CC2c3ccccc3C(C)(C)CC2c2ccccc21. The van der Waals surface area contributed by atoms with Gasteiger partial charge in [-0.25, -0.2) is 0 Å². The van der Waals surface area contributed by atoms with Crippen LogP contribution in [0.5, 0.6) is 0 Å². The Morgan fingerprint density at radius 1 is 0.636 bits per heavy atom. The Hall–Kier alpha value is -1.56. The Morgan fingerprint density at radius 2 is 1.00 bits per heavy atom. The van der Waals surface area contributed by atoms with Gasteiger partial charge in [0.1, 0.15) is 0 Å². The monoisotopic (exact) mass is 290 g/mol. The molecular formula is C22H26. The Bertz CT molecular complexity index is 657. The van der Waals surface area contributed by atoms with Gasteiger partial charge in [0.25, 0.3) is 0 Å². The average Bonchev–Trinajstić information content (AvgIpc) is 2.49. The van der Waals surface area contributed by atoms with Crippen molar-refractivity contribution >= 4 is 0 Å². The average molecular weight is 290 g/mol. The van der Waals surface area contributed by atoms with Crippen molar-refractivity contribution in [3.8, 4) is 0 Å². The summed E-state index contributed by atoms with van der Waals surface area (Å²) in [4.78, 5) is 0. The Balaban J connectivity index is 1.94. The molecule has 2 unspecified atom stereocenters. The van der Waals surface area contributed by atoms with Crippen LogP contribution in [-0.2, 0) is 10.8 Å². The summed E-state index contributed by atoms with van der Waals surface area (Å²) in [6, 6.07) is 18.4. The molecule has 0 aromatic heterocycles. The first-order valence-electron chi connectivity index (χ1n) is 8.59. The molecule has 0 aliphatic heterocycles. The van der Waals surface area contributed by atoms with Crippen LogP contribution in [0, 0.1) is 0 Å². The largest absolute Gasteiger partial charge is 0.0620 e. The van der Waals surface area contributed by atoms with Crippen molar-refractivity contribution in [1.29, 1.82) is 0 Å². The van der Waals surface area contributed by atoms with Gasteiger partial charge in [-0.15, -0.1) is 0 Å². The molecule has 0 N–H and O–H groups in total. The summed E-state index contributed by atoms with van der Waals surface area (Å²) in [6.07, 6.45) is 2.53. The Morgan fingerprint density at radius 3 is 1.41 bits per heavy atom. The fourth-order valence-electron chi connectivity index (χ4n) is 5.13. The van der Waals surface area contributed by atoms with Crippen LogP contribution in [0.3, 0.4) is 0 Å². The highest BCUT2D eigenvalue weighted by molar-refractivity contribution is 5.49. The quantitative estimate of drug-likeness (QED) is 0.565. The lowest BCUT2D eigenvalue weighted by molar-refractivity contribution is 0.274. The summed E-state index contributed by atoms with van der Waals surface area (Å²) in [6.45, 7) is 9.68. The fraction of sp³-hybridized carbons (Fsp3) is 0.455. The van der Waals surface area contributed by atoms with Gasteiger partial charge in [-0.3, -0.25) is 0 Å². The minimum Gasteiger partial charge on any atom is -0.0620 e. The molecule has 0 amide bonds. The maximum Gasteiger partial charge on any atom is -0.00815 e. The van der Waals surface area contributed by atoms with Gasteiger partial charge in [0.15, 0.2) is 0 Å². The second kappa shape index (κ2) is 4.47. The summed E-state index contributed by atoms with van der Waals surface area (Å²) >= 11 is 0. The van der Waals surface area contributed by atoms with Gasteiger partial charge < -0.3 is 0 Å². The molecule has 2 aliphatic rings. The van der Waals surface area contributed by atoms with E-state index in [0.717, 1.165) is 0 Å². The van der Waals surface area contributed by atoms with E-state index >= 15 is 0 Å². The third kappa shape index (κ3) is 1.89. The zero-order valence-electron chi connectivity index (χ0n) is 14.2. The van der Waals surface area contributed by atoms with Crippen LogP contribution in [-0.4, -0.2) is 0 Å². The maximum absolute atomic E-state index is 2.42. The first kappa shape index (κ1) is 14.1. The fourth-order valence-corrected chi connectivity index (χ4v) is 5.13. The zero-order valence-corrected chi connectivity index (χ0v) is 14.2. The highest BCUT2D eigenvalue weighted by Crippen LogP contribution is 2.58. The zero-order chi connectivity index (χ0) is 15.5. The van der Waals surface area contributed by atoms with Gasteiger partial charge in [0.2, 0.25) is 0 Å². The number of benzene rings is 2. The van der Waals surface area contributed by atoms with Gasteiger partial charge >= 0.3 is 0 Å². The van der Waals surface area contributed by atoms with E-state index in [-0.39, 0.29) is 10.8 Å².